The van der Waals surface area contributed by atoms with Crippen molar-refractivity contribution in [2.24, 2.45) is 0 Å². The number of nitrogens with two attached hydrogens (primary N) is 1. The van der Waals surface area contributed by atoms with E-state index in [0.717, 1.165) is 23.9 Å². The van der Waals surface area contributed by atoms with Gasteiger partial charge in [0.1, 0.15) is 0 Å². The number of hydrogen-bond donors (Lipinski definition) is 3. The van der Waals surface area contributed by atoms with Crippen LogP contribution in [0.3, 0.4) is 0 Å². The first-order chi connectivity index (χ1) is 8.96. The van der Waals surface area contributed by atoms with Crippen molar-refractivity contribution < 1.29 is 13.2 Å². The van der Waals surface area contributed by atoms with Crippen LogP contribution in [-0.2, 0) is 9.84 Å². The monoisotopic (exact) mass is 282 g/mol. The molecule has 19 heavy (non-hydrogen) atoms. The summed E-state index contributed by atoms with van der Waals surface area (Å²) in [6.45, 7) is 0. The molecule has 1 aliphatic carbocycles. The number of nitrogens with zero attached hydrogens (tertiary/aromatic N) is 1. The molecule has 3 rings (SSSR count). The molecule has 0 bridgehead atoms. The van der Waals surface area contributed by atoms with E-state index >= 15 is 0 Å². The van der Waals surface area contributed by atoms with Crippen LogP contribution in [0.5, 0.6) is 0 Å². The topological polar surface area (TPSA) is 118 Å². The second kappa shape index (κ2) is 4.09. The fraction of sp³-hybridized carbons (Fsp3) is 0.455. The second-order valence-electron chi connectivity index (χ2n) is 4.91. The summed E-state index contributed by atoms with van der Waals surface area (Å²) in [5.74, 6) is -0.188. The lowest BCUT2D eigenvalue weighted by Crippen LogP contribution is -2.36. The molecule has 0 saturated heterocycles. The van der Waals surface area contributed by atoms with Gasteiger partial charge in [0.15, 0.2) is 15.5 Å². The van der Waals surface area contributed by atoms with Crippen molar-refractivity contribution in [2.75, 3.05) is 11.5 Å². The van der Waals surface area contributed by atoms with Crippen molar-refractivity contribution in [3.63, 3.8) is 0 Å². The Morgan fingerprint density at radius 3 is 2.79 bits per heavy atom. The molecule has 0 aromatic carbocycles. The van der Waals surface area contributed by atoms with Crippen LogP contribution in [0.25, 0.3) is 0 Å². The zero-order valence-electron chi connectivity index (χ0n) is 10.1. The first-order valence-corrected chi connectivity index (χ1v) is 7.73. The predicted octanol–water partition coefficient (Wildman–Crippen LogP) is -0.0902. The summed E-state index contributed by atoms with van der Waals surface area (Å²) in [5, 5.41) is 10.4. The first-order valence-electron chi connectivity index (χ1n) is 6.02. The Balaban J connectivity index is 1.73. The fourth-order valence-corrected chi connectivity index (χ4v) is 3.36. The molecular formula is C11H14N4O3S. The molecule has 1 atom stereocenters. The van der Waals surface area contributed by atoms with E-state index in [0.29, 0.717) is 11.6 Å². The SMILES string of the molecule is Nc1c(C(=O)NC2C=CS(=O)(=O)C2)n[nH]c1C1CC1. The van der Waals surface area contributed by atoms with E-state index in [1.165, 1.54) is 6.08 Å². The summed E-state index contributed by atoms with van der Waals surface area (Å²) in [5.41, 5.74) is 7.19. The number of anilines is 1. The number of sulfone groups is 1. The molecule has 2 aliphatic rings. The maximum absolute atomic E-state index is 12.0. The number of H-pyrrole nitrogens is 1. The Morgan fingerprint density at radius 1 is 1.47 bits per heavy atom. The number of aromatic amines is 1. The zero-order valence-corrected chi connectivity index (χ0v) is 10.9. The van der Waals surface area contributed by atoms with E-state index in [4.69, 9.17) is 5.73 Å². The number of nitrogen functional groups attached to an aromatic ring is 1. The minimum atomic E-state index is -3.19. The highest BCUT2D eigenvalue weighted by Gasteiger charge is 2.31. The Kier molecular flexibility index (Phi) is 2.63. The third-order valence-corrected chi connectivity index (χ3v) is 4.68. The molecule has 7 nitrogen and oxygen atoms in total. The van der Waals surface area contributed by atoms with Gasteiger partial charge in [0.2, 0.25) is 0 Å². The molecule has 1 unspecified atom stereocenters. The highest BCUT2D eigenvalue weighted by atomic mass is 32.2. The lowest BCUT2D eigenvalue weighted by Gasteiger charge is -2.08. The van der Waals surface area contributed by atoms with E-state index in [1.54, 1.807) is 0 Å². The smallest absolute Gasteiger partial charge is 0.274 e. The Labute approximate surface area is 110 Å². The van der Waals surface area contributed by atoms with Crippen LogP contribution in [-0.4, -0.2) is 36.3 Å². The number of nitrogens with one attached hydrogen (secondary N) is 2. The number of carbonyl (C=O) groups excluding carboxylic acids is 1. The van der Waals surface area contributed by atoms with Gasteiger partial charge in [-0.3, -0.25) is 9.89 Å². The average molecular weight is 282 g/mol. The van der Waals surface area contributed by atoms with Gasteiger partial charge in [-0.05, 0) is 18.9 Å². The Hall–Kier alpha value is -1.83. The van der Waals surface area contributed by atoms with Crippen LogP contribution >= 0.6 is 0 Å². The maximum atomic E-state index is 12.0. The minimum Gasteiger partial charge on any atom is -0.395 e. The van der Waals surface area contributed by atoms with Crippen LogP contribution in [0.2, 0.25) is 0 Å². The van der Waals surface area contributed by atoms with Gasteiger partial charge in [-0.15, -0.1) is 0 Å². The van der Waals surface area contributed by atoms with E-state index in [-0.39, 0.29) is 11.4 Å². The molecule has 1 amide bonds. The maximum Gasteiger partial charge on any atom is 0.274 e. The normalized spacial score (nSPS) is 24.5. The predicted molar refractivity (Wildman–Crippen MR) is 69.2 cm³/mol. The lowest BCUT2D eigenvalue weighted by molar-refractivity contribution is 0.0943. The van der Waals surface area contributed by atoms with Crippen LogP contribution in [0.15, 0.2) is 11.5 Å². The van der Waals surface area contributed by atoms with Gasteiger partial charge in [0.25, 0.3) is 5.91 Å². The molecule has 0 radical (unpaired) electrons. The number of rotatable bonds is 3. The third kappa shape index (κ3) is 2.35. The Morgan fingerprint density at radius 2 is 2.21 bits per heavy atom. The van der Waals surface area contributed by atoms with Crippen LogP contribution < -0.4 is 11.1 Å². The summed E-state index contributed by atoms with van der Waals surface area (Å²) in [4.78, 5) is 12.0. The summed E-state index contributed by atoms with van der Waals surface area (Å²) in [6.07, 6.45) is 3.56. The molecule has 0 spiro atoms. The van der Waals surface area contributed by atoms with Crippen molar-refractivity contribution in [1.82, 2.24) is 15.5 Å². The molecule has 2 heterocycles. The summed E-state index contributed by atoms with van der Waals surface area (Å²) in [6, 6.07) is -0.516. The number of hydrogen-bond acceptors (Lipinski definition) is 5. The van der Waals surface area contributed by atoms with Crippen LogP contribution in [0.4, 0.5) is 5.69 Å². The Bertz CT molecular complexity index is 657. The first kappa shape index (κ1) is 12.2. The minimum absolute atomic E-state index is 0.113. The number of carbonyl (C=O) groups is 1. The van der Waals surface area contributed by atoms with Crippen molar-refractivity contribution in [2.45, 2.75) is 24.8 Å². The molecule has 8 heteroatoms. The largest absolute Gasteiger partial charge is 0.395 e. The van der Waals surface area contributed by atoms with E-state index in [1.807, 2.05) is 0 Å². The molecule has 1 fully saturated rings. The van der Waals surface area contributed by atoms with Crippen molar-refractivity contribution in [3.05, 3.63) is 22.9 Å². The van der Waals surface area contributed by atoms with E-state index in [9.17, 15) is 13.2 Å². The quantitative estimate of drug-likeness (QED) is 0.716. The molecule has 4 N–H and O–H groups in total. The van der Waals surface area contributed by atoms with Gasteiger partial charge in [0.05, 0.1) is 23.2 Å². The summed E-state index contributed by atoms with van der Waals surface area (Å²) in [7, 11) is -3.19. The fourth-order valence-electron chi connectivity index (χ4n) is 2.12. The average Bonchev–Trinajstić information content (AvgIpc) is 3.01. The molecule has 1 aromatic rings. The van der Waals surface area contributed by atoms with Crippen LogP contribution in [0.1, 0.15) is 34.9 Å². The number of aromatic nitrogens is 2. The van der Waals surface area contributed by atoms with Gasteiger partial charge < -0.3 is 11.1 Å². The molecule has 1 saturated carbocycles. The van der Waals surface area contributed by atoms with Crippen LogP contribution in [0, 0.1) is 0 Å². The van der Waals surface area contributed by atoms with Crippen molar-refractivity contribution in [3.8, 4) is 0 Å². The van der Waals surface area contributed by atoms with Crippen molar-refractivity contribution >= 4 is 21.4 Å². The highest BCUT2D eigenvalue weighted by molar-refractivity contribution is 7.94. The van der Waals surface area contributed by atoms with Crippen molar-refractivity contribution in [1.29, 1.82) is 0 Å². The zero-order chi connectivity index (χ0) is 13.6. The molecule has 102 valence electrons. The van der Waals surface area contributed by atoms with Gasteiger partial charge in [-0.1, -0.05) is 0 Å². The third-order valence-electron chi connectivity index (χ3n) is 3.28. The number of amides is 1. The molecule has 1 aliphatic heterocycles. The van der Waals surface area contributed by atoms with Gasteiger partial charge in [-0.25, -0.2) is 8.42 Å². The highest BCUT2D eigenvalue weighted by Crippen LogP contribution is 2.42. The second-order valence-corrected chi connectivity index (χ2v) is 6.84. The molecular weight excluding hydrogens is 268 g/mol. The summed E-state index contributed by atoms with van der Waals surface area (Å²) >= 11 is 0. The van der Waals surface area contributed by atoms with E-state index in [2.05, 4.69) is 15.5 Å². The summed E-state index contributed by atoms with van der Waals surface area (Å²) < 4.78 is 22.5. The van der Waals surface area contributed by atoms with E-state index < -0.39 is 21.8 Å². The molecule has 1 aromatic heterocycles. The van der Waals surface area contributed by atoms with Gasteiger partial charge >= 0.3 is 0 Å². The lowest BCUT2D eigenvalue weighted by atomic mass is 10.2. The van der Waals surface area contributed by atoms with Gasteiger partial charge in [0, 0.05) is 11.3 Å². The van der Waals surface area contributed by atoms with Gasteiger partial charge in [-0.2, -0.15) is 5.10 Å². The standard InChI is InChI=1S/C11H14N4O3S/c12-8-9(6-1-2-6)14-15-10(8)11(16)13-7-3-4-19(17,18)5-7/h3-4,6-7H,1-2,5,12H2,(H,13,16)(H,14,15).